The van der Waals surface area contributed by atoms with Crippen LogP contribution < -0.4 is 0 Å². The lowest BCUT2D eigenvalue weighted by Gasteiger charge is -2.27. The third-order valence-corrected chi connectivity index (χ3v) is 4.06. The number of nitrogens with zero attached hydrogens (tertiary/aromatic N) is 3. The van der Waals surface area contributed by atoms with Crippen molar-refractivity contribution in [3.05, 3.63) is 41.2 Å². The minimum absolute atomic E-state index is 0.112. The number of hydrogen-bond donors (Lipinski definition) is 1. The second kappa shape index (κ2) is 6.66. The van der Waals surface area contributed by atoms with Gasteiger partial charge in [-0.2, -0.15) is 0 Å². The first kappa shape index (κ1) is 17.1. The molecule has 1 saturated heterocycles. The van der Waals surface area contributed by atoms with Gasteiger partial charge >= 0.3 is 6.09 Å². The zero-order chi connectivity index (χ0) is 18.0. The molecule has 1 aliphatic rings. The minimum atomic E-state index is -0.521. The van der Waals surface area contributed by atoms with Crippen LogP contribution in [-0.2, 0) is 4.74 Å². The van der Waals surface area contributed by atoms with Gasteiger partial charge in [-0.1, -0.05) is 12.1 Å². The van der Waals surface area contributed by atoms with E-state index >= 15 is 0 Å². The minimum Gasteiger partial charge on any atom is -0.444 e. The summed E-state index contributed by atoms with van der Waals surface area (Å²) >= 11 is 0. The predicted octanol–water partition coefficient (Wildman–Crippen LogP) is 4.55. The molecule has 1 aromatic carbocycles. The van der Waals surface area contributed by atoms with Crippen LogP contribution in [0.1, 0.15) is 45.5 Å². The number of benzene rings is 1. The molecule has 0 spiro atoms. The third kappa shape index (κ3) is 3.87. The maximum atomic E-state index is 12.4. The molecule has 1 atom stereocenters. The van der Waals surface area contributed by atoms with Gasteiger partial charge in [0.2, 0.25) is 0 Å². The van der Waals surface area contributed by atoms with Gasteiger partial charge in [-0.05, 0) is 50.9 Å². The normalized spacial score (nSPS) is 17.6. The Balaban J connectivity index is 1.78. The molecule has 7 nitrogen and oxygen atoms in total. The molecule has 0 bridgehead atoms. The first-order chi connectivity index (χ1) is 11.9. The van der Waals surface area contributed by atoms with Gasteiger partial charge in [0.15, 0.2) is 0 Å². The highest BCUT2D eigenvalue weighted by Crippen LogP contribution is 2.33. The molecule has 0 unspecified atom stereocenters. The maximum Gasteiger partial charge on any atom is 0.410 e. The third-order valence-electron chi connectivity index (χ3n) is 4.06. The van der Waals surface area contributed by atoms with Gasteiger partial charge in [-0.15, -0.1) is 4.91 Å². The number of hydrogen-bond acceptors (Lipinski definition) is 5. The van der Waals surface area contributed by atoms with Gasteiger partial charge in [-0.3, -0.25) is 4.90 Å². The van der Waals surface area contributed by atoms with Gasteiger partial charge in [0.1, 0.15) is 17.1 Å². The van der Waals surface area contributed by atoms with Crippen LogP contribution in [0.3, 0.4) is 0 Å². The van der Waals surface area contributed by atoms with Crippen molar-refractivity contribution in [3.8, 4) is 11.3 Å². The SMILES string of the molecule is CC(C)(C)OC(=O)N1CCC[C@H]1c1nc(-c2ccc(N=O)cc2)c[nH]1. The second-order valence-electron chi connectivity index (χ2n) is 7.14. The van der Waals surface area contributed by atoms with Crippen LogP contribution >= 0.6 is 0 Å². The van der Waals surface area contributed by atoms with E-state index in [4.69, 9.17) is 4.74 Å². The number of H-pyrrole nitrogens is 1. The lowest BCUT2D eigenvalue weighted by Crippen LogP contribution is -2.36. The van der Waals surface area contributed by atoms with Crippen LogP contribution in [0.25, 0.3) is 11.3 Å². The quantitative estimate of drug-likeness (QED) is 0.829. The molecule has 1 N–H and O–H groups in total. The van der Waals surface area contributed by atoms with Crippen molar-refractivity contribution in [2.24, 2.45) is 5.18 Å². The Kier molecular flexibility index (Phi) is 4.57. The lowest BCUT2D eigenvalue weighted by molar-refractivity contribution is 0.0219. The van der Waals surface area contributed by atoms with Crippen LogP contribution in [0.2, 0.25) is 0 Å². The lowest BCUT2D eigenvalue weighted by atomic mass is 10.1. The van der Waals surface area contributed by atoms with Gasteiger partial charge in [0.25, 0.3) is 0 Å². The fourth-order valence-corrected chi connectivity index (χ4v) is 2.94. The Morgan fingerprint density at radius 2 is 2.04 bits per heavy atom. The van der Waals surface area contributed by atoms with Gasteiger partial charge in [0.05, 0.1) is 11.7 Å². The number of likely N-dealkylation sites (tertiary alicyclic amines) is 1. The molecule has 0 saturated carbocycles. The number of carbonyl (C=O) groups is 1. The number of amides is 1. The Morgan fingerprint density at radius 3 is 2.68 bits per heavy atom. The zero-order valence-electron chi connectivity index (χ0n) is 14.7. The molecule has 1 fully saturated rings. The van der Waals surface area contributed by atoms with Crippen molar-refractivity contribution in [1.29, 1.82) is 0 Å². The predicted molar refractivity (Wildman–Crippen MR) is 94.4 cm³/mol. The molecule has 2 aromatic rings. The van der Waals surface area contributed by atoms with E-state index in [1.165, 1.54) is 0 Å². The van der Waals surface area contributed by atoms with Gasteiger partial charge < -0.3 is 9.72 Å². The molecule has 2 heterocycles. The topological polar surface area (TPSA) is 87.7 Å². The summed E-state index contributed by atoms with van der Waals surface area (Å²) in [7, 11) is 0. The Bertz CT molecular complexity index is 761. The first-order valence-corrected chi connectivity index (χ1v) is 8.36. The highest BCUT2D eigenvalue weighted by molar-refractivity contribution is 5.69. The van der Waals surface area contributed by atoms with E-state index in [2.05, 4.69) is 15.1 Å². The van der Waals surface area contributed by atoms with E-state index in [9.17, 15) is 9.70 Å². The highest BCUT2D eigenvalue weighted by atomic mass is 16.6. The van der Waals surface area contributed by atoms with Crippen molar-refractivity contribution in [2.75, 3.05) is 6.54 Å². The monoisotopic (exact) mass is 342 g/mol. The van der Waals surface area contributed by atoms with E-state index in [1.54, 1.807) is 29.2 Å². The fraction of sp³-hybridized carbons (Fsp3) is 0.444. The fourth-order valence-electron chi connectivity index (χ4n) is 2.94. The molecule has 25 heavy (non-hydrogen) atoms. The second-order valence-corrected chi connectivity index (χ2v) is 7.14. The molecular weight excluding hydrogens is 320 g/mol. The van der Waals surface area contributed by atoms with E-state index in [0.717, 1.165) is 29.9 Å². The molecule has 3 rings (SSSR count). The van der Waals surface area contributed by atoms with E-state index in [1.807, 2.05) is 27.0 Å². The van der Waals surface area contributed by atoms with Crippen LogP contribution in [0.4, 0.5) is 10.5 Å². The maximum absolute atomic E-state index is 12.4. The smallest absolute Gasteiger partial charge is 0.410 e. The molecule has 1 amide bonds. The van der Waals surface area contributed by atoms with Crippen LogP contribution in [0, 0.1) is 4.91 Å². The van der Waals surface area contributed by atoms with Gasteiger partial charge in [0, 0.05) is 18.3 Å². The molecule has 1 aromatic heterocycles. The summed E-state index contributed by atoms with van der Waals surface area (Å²) in [6, 6.07) is 6.80. The Morgan fingerprint density at radius 1 is 1.32 bits per heavy atom. The number of aromatic nitrogens is 2. The standard InChI is InChI=1S/C18H22N4O3/c1-18(2,3)25-17(23)22-10-4-5-15(22)16-19-11-14(20-16)12-6-8-13(21-24)9-7-12/h6-9,11,15H,4-5,10H2,1-3H3,(H,19,20)/t15-/m0/s1. The summed E-state index contributed by atoms with van der Waals surface area (Å²) in [5, 5.41) is 2.90. The Labute approximate surface area is 146 Å². The molecule has 1 aliphatic heterocycles. The van der Waals surface area contributed by atoms with Crippen LogP contribution in [0.15, 0.2) is 35.6 Å². The largest absolute Gasteiger partial charge is 0.444 e. The molecular formula is C18H22N4O3. The number of aromatic amines is 1. The Hall–Kier alpha value is -2.70. The van der Waals surface area contributed by atoms with Crippen molar-refractivity contribution in [1.82, 2.24) is 14.9 Å². The van der Waals surface area contributed by atoms with E-state index < -0.39 is 5.60 Å². The van der Waals surface area contributed by atoms with Crippen LogP contribution in [0.5, 0.6) is 0 Å². The molecule has 7 heteroatoms. The average Bonchev–Trinajstić information content (AvgIpc) is 3.22. The van der Waals surface area contributed by atoms with Crippen LogP contribution in [-0.4, -0.2) is 33.1 Å². The summed E-state index contributed by atoms with van der Waals surface area (Å²) < 4.78 is 5.50. The van der Waals surface area contributed by atoms with Crippen molar-refractivity contribution in [3.63, 3.8) is 0 Å². The van der Waals surface area contributed by atoms with Crippen molar-refractivity contribution < 1.29 is 9.53 Å². The number of carbonyl (C=O) groups excluding carboxylic acids is 1. The molecule has 0 radical (unpaired) electrons. The zero-order valence-corrected chi connectivity index (χ0v) is 14.7. The number of ether oxygens (including phenoxy) is 1. The number of nitroso groups, excluding NO2 is 1. The number of rotatable bonds is 3. The molecule has 0 aliphatic carbocycles. The molecule has 132 valence electrons. The summed E-state index contributed by atoms with van der Waals surface area (Å²) in [4.78, 5) is 32.5. The van der Waals surface area contributed by atoms with E-state index in [0.29, 0.717) is 12.2 Å². The highest BCUT2D eigenvalue weighted by Gasteiger charge is 2.34. The summed E-state index contributed by atoms with van der Waals surface area (Å²) in [6.45, 7) is 6.24. The van der Waals surface area contributed by atoms with Crippen molar-refractivity contribution in [2.45, 2.75) is 45.3 Å². The van der Waals surface area contributed by atoms with Gasteiger partial charge in [-0.25, -0.2) is 9.78 Å². The summed E-state index contributed by atoms with van der Waals surface area (Å²) in [5.41, 5.74) is 1.51. The number of nitrogens with one attached hydrogen (secondary N) is 1. The van der Waals surface area contributed by atoms with E-state index in [-0.39, 0.29) is 12.1 Å². The van der Waals surface area contributed by atoms with Crippen molar-refractivity contribution >= 4 is 11.8 Å². The number of imidazole rings is 1. The first-order valence-electron chi connectivity index (χ1n) is 8.36. The summed E-state index contributed by atoms with van der Waals surface area (Å²) in [6.07, 6.45) is 3.26. The summed E-state index contributed by atoms with van der Waals surface area (Å²) in [5.74, 6) is 0.746. The average molecular weight is 342 g/mol.